The van der Waals surface area contributed by atoms with Crippen LogP contribution in [0.4, 0.5) is 0 Å². The predicted octanol–water partition coefficient (Wildman–Crippen LogP) is 1.54. The van der Waals surface area contributed by atoms with Crippen LogP contribution < -0.4 is 0 Å². The van der Waals surface area contributed by atoms with Crippen molar-refractivity contribution in [2.24, 2.45) is 0 Å². The predicted molar refractivity (Wildman–Crippen MR) is 56.2 cm³/mol. The van der Waals surface area contributed by atoms with Gasteiger partial charge in [0.25, 0.3) is 0 Å². The van der Waals surface area contributed by atoms with Crippen LogP contribution in [0, 0.1) is 0 Å². The summed E-state index contributed by atoms with van der Waals surface area (Å²) in [6.45, 7) is 0. The van der Waals surface area contributed by atoms with Gasteiger partial charge >= 0.3 is 15.2 Å². The van der Waals surface area contributed by atoms with Crippen LogP contribution >= 0.6 is 15.2 Å². The molecule has 0 amide bonds. The van der Waals surface area contributed by atoms with Crippen LogP contribution in [0.1, 0.15) is 19.3 Å². The van der Waals surface area contributed by atoms with Gasteiger partial charge in [0.15, 0.2) is 0 Å². The van der Waals surface area contributed by atoms with Gasteiger partial charge < -0.3 is 19.6 Å². The molecule has 15 heavy (non-hydrogen) atoms. The molecule has 0 radical (unpaired) electrons. The molecule has 0 aliphatic rings. The minimum Gasteiger partial charge on any atom is -0.321 e. The van der Waals surface area contributed by atoms with Gasteiger partial charge in [-0.05, 0) is 19.3 Å². The molecule has 0 atom stereocenters. The van der Waals surface area contributed by atoms with E-state index in [9.17, 15) is 9.13 Å². The minimum absolute atomic E-state index is 0.455. The van der Waals surface area contributed by atoms with Crippen LogP contribution in [0.3, 0.4) is 0 Å². The van der Waals surface area contributed by atoms with Crippen molar-refractivity contribution < 1.29 is 28.7 Å². The first kappa shape index (κ1) is 14.8. The van der Waals surface area contributed by atoms with Gasteiger partial charge in [0.05, 0.1) is 0 Å². The third-order valence-electron chi connectivity index (χ3n) is 1.34. The lowest BCUT2D eigenvalue weighted by molar-refractivity contribution is 0.384. The summed E-state index contributed by atoms with van der Waals surface area (Å²) in [5.41, 5.74) is 0. The molecule has 0 unspecified atom stereocenters. The van der Waals surface area contributed by atoms with Crippen molar-refractivity contribution in [2.45, 2.75) is 19.3 Å². The number of hydrogen-bond donors (Lipinski definition) is 4. The van der Waals surface area contributed by atoms with Gasteiger partial charge in [-0.2, -0.15) is 0 Å². The van der Waals surface area contributed by atoms with E-state index in [1.807, 2.05) is 0 Å². The number of allylic oxidation sites excluding steroid dienone is 2. The largest absolute Gasteiger partial charge is 0.348 e. The van der Waals surface area contributed by atoms with Crippen LogP contribution in [0.5, 0.6) is 0 Å². The molecule has 0 spiro atoms. The average molecular weight is 256 g/mol. The monoisotopic (exact) mass is 256 g/mol. The highest BCUT2D eigenvalue weighted by Crippen LogP contribution is 2.37. The van der Waals surface area contributed by atoms with E-state index in [1.165, 1.54) is 12.2 Å². The zero-order chi connectivity index (χ0) is 11.9. The van der Waals surface area contributed by atoms with Gasteiger partial charge in [0.2, 0.25) is 0 Å². The highest BCUT2D eigenvalue weighted by molar-refractivity contribution is 7.55. The maximum atomic E-state index is 10.3. The van der Waals surface area contributed by atoms with Crippen LogP contribution in [-0.2, 0) is 9.13 Å². The topological polar surface area (TPSA) is 115 Å². The van der Waals surface area contributed by atoms with E-state index < -0.39 is 15.2 Å². The Morgan fingerprint density at radius 1 is 0.800 bits per heavy atom. The molecular weight excluding hydrogens is 242 g/mol. The Hall–Kier alpha value is -0.220. The molecule has 0 aromatic rings. The zero-order valence-corrected chi connectivity index (χ0v) is 9.72. The van der Waals surface area contributed by atoms with Crippen LogP contribution in [0.2, 0.25) is 0 Å². The van der Waals surface area contributed by atoms with Crippen molar-refractivity contribution in [1.29, 1.82) is 0 Å². The molecule has 0 bridgehead atoms. The minimum atomic E-state index is -4.07. The second-order valence-corrected chi connectivity index (χ2v) is 5.83. The van der Waals surface area contributed by atoms with E-state index in [1.54, 1.807) is 0 Å². The molecule has 0 aliphatic carbocycles. The molecule has 0 rings (SSSR count). The fourth-order valence-corrected chi connectivity index (χ4v) is 1.62. The Kier molecular flexibility index (Phi) is 6.29. The van der Waals surface area contributed by atoms with Crippen molar-refractivity contribution in [3.63, 3.8) is 0 Å². The average Bonchev–Trinajstić information content (AvgIpc) is 1.98. The molecule has 4 N–H and O–H groups in total. The maximum Gasteiger partial charge on any atom is 0.348 e. The number of unbranched alkanes of at least 4 members (excludes halogenated alkanes) is 2. The molecule has 8 heteroatoms. The van der Waals surface area contributed by atoms with Gasteiger partial charge in [-0.15, -0.1) is 0 Å². The van der Waals surface area contributed by atoms with Crippen molar-refractivity contribution in [1.82, 2.24) is 0 Å². The van der Waals surface area contributed by atoms with E-state index >= 15 is 0 Å². The third-order valence-corrected chi connectivity index (χ3v) is 2.54. The third kappa shape index (κ3) is 13.8. The van der Waals surface area contributed by atoms with Gasteiger partial charge in [0, 0.05) is 11.6 Å². The first-order valence-corrected chi connectivity index (χ1v) is 7.53. The highest BCUT2D eigenvalue weighted by atomic mass is 31.2. The molecule has 0 saturated carbocycles. The quantitative estimate of drug-likeness (QED) is 0.423. The molecule has 0 saturated heterocycles. The van der Waals surface area contributed by atoms with Gasteiger partial charge in [0.1, 0.15) is 0 Å². The lowest BCUT2D eigenvalue weighted by Crippen LogP contribution is -1.73. The molecular formula is C7H14O6P2. The number of rotatable bonds is 6. The Labute approximate surface area is 87.7 Å². The first-order chi connectivity index (χ1) is 6.71. The van der Waals surface area contributed by atoms with Crippen LogP contribution in [0.25, 0.3) is 0 Å². The van der Waals surface area contributed by atoms with Crippen LogP contribution in [0.15, 0.2) is 23.8 Å². The Morgan fingerprint density at radius 3 is 1.40 bits per heavy atom. The summed E-state index contributed by atoms with van der Waals surface area (Å²) < 4.78 is 20.7. The molecule has 0 aliphatic heterocycles. The standard InChI is InChI=1S/C7H14O6P2/c8-14(9,10)6-4-2-1-3-5-7-15(11,12)13/h4-7H,1-3H2,(H2,8,9,10)(H2,11,12,13). The lowest BCUT2D eigenvalue weighted by atomic mass is 10.2. The highest BCUT2D eigenvalue weighted by Gasteiger charge is 2.05. The van der Waals surface area contributed by atoms with Gasteiger partial charge in [-0.25, -0.2) is 0 Å². The molecule has 6 nitrogen and oxygen atoms in total. The lowest BCUT2D eigenvalue weighted by Gasteiger charge is -1.95. The molecule has 0 aromatic heterocycles. The van der Waals surface area contributed by atoms with Crippen molar-refractivity contribution >= 4 is 15.2 Å². The Morgan fingerprint density at radius 2 is 1.13 bits per heavy atom. The van der Waals surface area contributed by atoms with Crippen molar-refractivity contribution in [3.8, 4) is 0 Å². The normalized spacial score (nSPS) is 14.1. The van der Waals surface area contributed by atoms with Crippen LogP contribution in [-0.4, -0.2) is 19.6 Å². The van der Waals surface area contributed by atoms with E-state index in [0.29, 0.717) is 19.3 Å². The summed E-state index contributed by atoms with van der Waals surface area (Å²) in [6, 6.07) is 0. The van der Waals surface area contributed by atoms with Crippen molar-refractivity contribution in [3.05, 3.63) is 23.8 Å². The van der Waals surface area contributed by atoms with Gasteiger partial charge in [-0.1, -0.05) is 12.2 Å². The first-order valence-electron chi connectivity index (χ1n) is 4.16. The second kappa shape index (κ2) is 6.38. The van der Waals surface area contributed by atoms with Crippen molar-refractivity contribution in [2.75, 3.05) is 0 Å². The summed E-state index contributed by atoms with van der Waals surface area (Å²) >= 11 is 0. The SMILES string of the molecule is O=P(O)(O)C=CCCCC=CP(=O)(O)O. The fourth-order valence-electron chi connectivity index (χ4n) is 0.777. The molecule has 0 fully saturated rings. The van der Waals surface area contributed by atoms with E-state index in [2.05, 4.69) is 0 Å². The summed E-state index contributed by atoms with van der Waals surface area (Å²) in [4.78, 5) is 33.7. The van der Waals surface area contributed by atoms with E-state index in [-0.39, 0.29) is 0 Å². The summed E-state index contributed by atoms with van der Waals surface area (Å²) in [7, 11) is -8.14. The maximum absolute atomic E-state index is 10.3. The Bertz CT molecular complexity index is 290. The summed E-state index contributed by atoms with van der Waals surface area (Å²) in [5, 5.41) is 0. The second-order valence-electron chi connectivity index (χ2n) is 2.88. The smallest absolute Gasteiger partial charge is 0.321 e. The number of hydrogen-bond acceptors (Lipinski definition) is 2. The fraction of sp³-hybridized carbons (Fsp3) is 0.429. The van der Waals surface area contributed by atoms with Gasteiger partial charge in [-0.3, -0.25) is 9.13 Å². The summed E-state index contributed by atoms with van der Waals surface area (Å²) in [5.74, 6) is 1.64. The zero-order valence-electron chi connectivity index (χ0n) is 7.93. The Balaban J connectivity index is 3.66. The molecule has 88 valence electrons. The summed E-state index contributed by atoms with van der Waals surface area (Å²) in [6.07, 6.45) is 4.19. The molecule has 0 heterocycles. The van der Waals surface area contributed by atoms with E-state index in [4.69, 9.17) is 19.6 Å². The molecule has 0 aromatic carbocycles. The van der Waals surface area contributed by atoms with E-state index in [0.717, 1.165) is 11.6 Å².